The van der Waals surface area contributed by atoms with Crippen LogP contribution in [0, 0.1) is 0 Å². The Morgan fingerprint density at radius 3 is 1.57 bits per heavy atom. The number of carbonyl (C=O) groups is 1. The molecule has 0 unspecified atom stereocenters. The highest BCUT2D eigenvalue weighted by Gasteiger charge is 2.38. The molecular formula is C13H31ClO4Si3. The first-order chi connectivity index (χ1) is 9.24. The van der Waals surface area contributed by atoms with Gasteiger partial charge in [-0.25, -0.2) is 0 Å². The Bertz CT molecular complexity index is 319. The summed E-state index contributed by atoms with van der Waals surface area (Å²) in [7, 11) is -5.49. The zero-order valence-electron chi connectivity index (χ0n) is 14.6. The summed E-state index contributed by atoms with van der Waals surface area (Å²) in [5, 5.41) is 8.87. The standard InChI is InChI=1S/C10H26O3Si3.C3H5ClO/c1-14(2,3)12-16(7,10-8-9-11)13-15(4,5)6;1-3(5)2-4/h8,10-11H,9H2,1-7H3;2H2,1H3. The van der Waals surface area contributed by atoms with Crippen LogP contribution in [0.5, 0.6) is 0 Å². The number of hydrogen-bond donors (Lipinski definition) is 1. The molecule has 0 aliphatic heterocycles. The minimum absolute atomic E-state index is 0.0201. The number of rotatable bonds is 7. The first kappa shape index (κ1) is 23.5. The van der Waals surface area contributed by atoms with E-state index in [0.717, 1.165) is 0 Å². The van der Waals surface area contributed by atoms with Crippen molar-refractivity contribution in [1.82, 2.24) is 0 Å². The fourth-order valence-corrected chi connectivity index (χ4v) is 12.9. The Hall–Kier alpha value is 0.231. The highest BCUT2D eigenvalue weighted by Crippen LogP contribution is 2.21. The summed E-state index contributed by atoms with van der Waals surface area (Å²) in [6.07, 6.45) is 1.74. The number of hydrogen-bond acceptors (Lipinski definition) is 4. The van der Waals surface area contributed by atoms with Crippen molar-refractivity contribution < 1.29 is 18.1 Å². The molecule has 0 rings (SSSR count). The topological polar surface area (TPSA) is 55.8 Å². The lowest BCUT2D eigenvalue weighted by Gasteiger charge is -2.36. The van der Waals surface area contributed by atoms with Crippen LogP contribution in [0.15, 0.2) is 11.8 Å². The average molecular weight is 371 g/mol. The van der Waals surface area contributed by atoms with Crippen LogP contribution in [0.3, 0.4) is 0 Å². The van der Waals surface area contributed by atoms with Gasteiger partial charge in [-0.05, 0) is 58.5 Å². The van der Waals surface area contributed by atoms with E-state index in [4.69, 9.17) is 24.9 Å². The van der Waals surface area contributed by atoms with Gasteiger partial charge in [0.05, 0.1) is 12.5 Å². The average Bonchev–Trinajstić information content (AvgIpc) is 2.22. The zero-order valence-corrected chi connectivity index (χ0v) is 18.4. The summed E-state index contributed by atoms with van der Waals surface area (Å²) in [6.45, 7) is 16.6. The Morgan fingerprint density at radius 2 is 1.38 bits per heavy atom. The molecule has 0 aliphatic carbocycles. The molecule has 0 fully saturated rings. The lowest BCUT2D eigenvalue weighted by molar-refractivity contribution is -0.114. The summed E-state index contributed by atoms with van der Waals surface area (Å²) < 4.78 is 12.4. The van der Waals surface area contributed by atoms with Gasteiger partial charge in [0.15, 0.2) is 16.6 Å². The Balaban J connectivity index is 0. The van der Waals surface area contributed by atoms with Crippen molar-refractivity contribution in [1.29, 1.82) is 0 Å². The second-order valence-corrected chi connectivity index (χ2v) is 19.6. The second kappa shape index (κ2) is 10.1. The summed E-state index contributed by atoms with van der Waals surface area (Å²) in [6, 6.07) is 0. The van der Waals surface area contributed by atoms with Crippen LogP contribution in [-0.2, 0) is 13.0 Å². The molecule has 126 valence electrons. The molecule has 0 saturated carbocycles. The van der Waals surface area contributed by atoms with Gasteiger partial charge in [-0.15, -0.1) is 11.6 Å². The molecule has 0 bridgehead atoms. The van der Waals surface area contributed by atoms with Crippen LogP contribution in [-0.4, -0.2) is 48.6 Å². The lowest BCUT2D eigenvalue weighted by atomic mass is 10.5. The SMILES string of the molecule is CC(=O)CCl.C[Si](C)(C)O[Si](C)(C=CCO)O[Si](C)(C)C. The first-order valence-corrected chi connectivity index (χ1v) is 16.7. The molecule has 0 heterocycles. The van der Waals surface area contributed by atoms with Crippen LogP contribution >= 0.6 is 11.6 Å². The predicted octanol–water partition coefficient (Wildman–Crippen LogP) is 3.66. The number of aliphatic hydroxyl groups excluding tert-OH is 1. The molecule has 8 heteroatoms. The van der Waals surface area contributed by atoms with E-state index in [1.165, 1.54) is 6.92 Å². The van der Waals surface area contributed by atoms with Crippen molar-refractivity contribution in [2.75, 3.05) is 12.5 Å². The maximum absolute atomic E-state index is 9.68. The molecule has 0 aromatic rings. The number of Topliss-reactive ketones (excluding diaryl/α,β-unsaturated/α-hetero) is 1. The molecule has 0 spiro atoms. The minimum Gasteiger partial charge on any atom is -0.434 e. The van der Waals surface area contributed by atoms with Gasteiger partial charge in [0.2, 0.25) is 0 Å². The van der Waals surface area contributed by atoms with Crippen molar-refractivity contribution >= 4 is 42.6 Å². The molecular weight excluding hydrogens is 340 g/mol. The van der Waals surface area contributed by atoms with E-state index in [-0.39, 0.29) is 18.3 Å². The van der Waals surface area contributed by atoms with Gasteiger partial charge in [0.25, 0.3) is 0 Å². The third-order valence-corrected chi connectivity index (χ3v) is 11.1. The summed E-state index contributed by atoms with van der Waals surface area (Å²) >= 11 is 4.99. The van der Waals surface area contributed by atoms with E-state index in [1.807, 2.05) is 5.70 Å². The number of carbonyl (C=O) groups excluding carboxylic acids is 1. The van der Waals surface area contributed by atoms with Crippen LogP contribution < -0.4 is 0 Å². The van der Waals surface area contributed by atoms with E-state index in [0.29, 0.717) is 0 Å². The van der Waals surface area contributed by atoms with Crippen molar-refractivity contribution in [2.45, 2.75) is 52.8 Å². The maximum Gasteiger partial charge on any atom is 0.341 e. The minimum atomic E-state index is -2.26. The van der Waals surface area contributed by atoms with E-state index >= 15 is 0 Å². The molecule has 4 nitrogen and oxygen atoms in total. The third kappa shape index (κ3) is 18.2. The number of alkyl halides is 1. The van der Waals surface area contributed by atoms with Crippen LogP contribution in [0.1, 0.15) is 6.92 Å². The Labute approximate surface area is 138 Å². The monoisotopic (exact) mass is 370 g/mol. The smallest absolute Gasteiger partial charge is 0.341 e. The van der Waals surface area contributed by atoms with Gasteiger partial charge in [0, 0.05) is 0 Å². The molecule has 0 aromatic carbocycles. The van der Waals surface area contributed by atoms with Crippen LogP contribution in [0.4, 0.5) is 0 Å². The van der Waals surface area contributed by atoms with Crippen molar-refractivity contribution in [3.05, 3.63) is 11.8 Å². The third-order valence-electron chi connectivity index (χ3n) is 1.73. The van der Waals surface area contributed by atoms with E-state index in [2.05, 4.69) is 45.8 Å². The molecule has 1 N–H and O–H groups in total. The molecule has 0 aliphatic rings. The fraction of sp³-hybridized carbons (Fsp3) is 0.769. The van der Waals surface area contributed by atoms with Crippen molar-refractivity contribution in [3.8, 4) is 0 Å². The molecule has 0 amide bonds. The largest absolute Gasteiger partial charge is 0.434 e. The van der Waals surface area contributed by atoms with Gasteiger partial charge in [-0.3, -0.25) is 4.79 Å². The lowest BCUT2D eigenvalue weighted by Crippen LogP contribution is -2.51. The van der Waals surface area contributed by atoms with E-state index < -0.39 is 25.2 Å². The Morgan fingerprint density at radius 1 is 1.05 bits per heavy atom. The molecule has 0 aromatic heterocycles. The van der Waals surface area contributed by atoms with Crippen LogP contribution in [0.2, 0.25) is 45.8 Å². The maximum atomic E-state index is 9.68. The highest BCUT2D eigenvalue weighted by molar-refractivity contribution is 6.89. The van der Waals surface area contributed by atoms with Crippen LogP contribution in [0.25, 0.3) is 0 Å². The summed E-state index contributed by atoms with van der Waals surface area (Å²) in [4.78, 5) is 9.68. The van der Waals surface area contributed by atoms with Gasteiger partial charge >= 0.3 is 8.56 Å². The summed E-state index contributed by atoms with van der Waals surface area (Å²) in [5.41, 5.74) is 1.96. The molecule has 0 saturated heterocycles. The van der Waals surface area contributed by atoms with Gasteiger partial charge in [0.1, 0.15) is 5.78 Å². The second-order valence-electron chi connectivity index (χ2n) is 6.87. The Kier molecular flexibility index (Phi) is 11.3. The number of aliphatic hydroxyl groups is 1. The first-order valence-electron chi connectivity index (χ1n) is 6.99. The molecule has 21 heavy (non-hydrogen) atoms. The van der Waals surface area contributed by atoms with E-state index in [9.17, 15) is 4.79 Å². The molecule has 0 radical (unpaired) electrons. The van der Waals surface area contributed by atoms with Gasteiger partial charge in [-0.2, -0.15) is 0 Å². The number of ketones is 1. The number of halogens is 1. The van der Waals surface area contributed by atoms with Crippen molar-refractivity contribution in [3.63, 3.8) is 0 Å². The van der Waals surface area contributed by atoms with Crippen molar-refractivity contribution in [2.24, 2.45) is 0 Å². The molecule has 0 atom stereocenters. The normalized spacial score (nSPS) is 13.0. The zero-order chi connectivity index (χ0) is 17.3. The fourth-order valence-electron chi connectivity index (χ4n) is 1.57. The quantitative estimate of drug-likeness (QED) is 0.548. The highest BCUT2D eigenvalue weighted by atomic mass is 35.5. The van der Waals surface area contributed by atoms with Gasteiger partial charge in [-0.1, -0.05) is 6.08 Å². The van der Waals surface area contributed by atoms with Gasteiger partial charge < -0.3 is 13.3 Å². The van der Waals surface area contributed by atoms with E-state index in [1.54, 1.807) is 6.08 Å². The summed E-state index contributed by atoms with van der Waals surface area (Å²) in [5.74, 6) is 0.159. The predicted molar refractivity (Wildman–Crippen MR) is 98.1 cm³/mol.